The van der Waals surface area contributed by atoms with E-state index in [-0.39, 0.29) is 16.7 Å². The molecule has 0 bridgehead atoms. The van der Waals surface area contributed by atoms with E-state index in [0.29, 0.717) is 6.61 Å². The molecule has 116 valence electrons. The molecule has 0 saturated heterocycles. The highest BCUT2D eigenvalue weighted by Gasteiger charge is 2.37. The zero-order chi connectivity index (χ0) is 16.1. The second-order valence-corrected chi connectivity index (χ2v) is 11.9. The van der Waals surface area contributed by atoms with E-state index in [1.807, 2.05) is 43.3 Å². The minimum Gasteiger partial charge on any atom is -0.416 e. The Labute approximate surface area is 130 Å². The van der Waals surface area contributed by atoms with Gasteiger partial charge in [0.25, 0.3) is 0 Å². The first kappa shape index (κ1) is 17.9. The molecule has 0 unspecified atom stereocenters. The van der Waals surface area contributed by atoms with Gasteiger partial charge in [0, 0.05) is 12.5 Å². The summed E-state index contributed by atoms with van der Waals surface area (Å²) in [5.74, 6) is 0.0247. The van der Waals surface area contributed by atoms with Gasteiger partial charge >= 0.3 is 0 Å². The zero-order valence-corrected chi connectivity index (χ0v) is 15.1. The third kappa shape index (κ3) is 5.60. The Kier molecular flexibility index (Phi) is 6.11. The van der Waals surface area contributed by atoms with Crippen molar-refractivity contribution < 1.29 is 9.22 Å². The molecule has 1 aromatic carbocycles. The molecular weight excluding hydrogens is 276 g/mol. The van der Waals surface area contributed by atoms with Crippen molar-refractivity contribution in [1.29, 1.82) is 0 Å². The molecule has 0 saturated carbocycles. The lowest BCUT2D eigenvalue weighted by Gasteiger charge is -2.36. The van der Waals surface area contributed by atoms with Gasteiger partial charge in [-0.25, -0.2) is 0 Å². The molecule has 0 aliphatic heterocycles. The summed E-state index contributed by atoms with van der Waals surface area (Å²) in [6.45, 7) is 13.5. The first-order valence-corrected chi connectivity index (χ1v) is 10.5. The van der Waals surface area contributed by atoms with Gasteiger partial charge in [-0.1, -0.05) is 64.1 Å². The largest absolute Gasteiger partial charge is 0.416 e. The van der Waals surface area contributed by atoms with Crippen molar-refractivity contribution in [3.05, 3.63) is 42.0 Å². The topological polar surface area (TPSA) is 26.3 Å². The average molecular weight is 305 g/mol. The van der Waals surface area contributed by atoms with E-state index in [1.54, 1.807) is 6.08 Å². The van der Waals surface area contributed by atoms with E-state index < -0.39 is 8.32 Å². The second-order valence-electron chi connectivity index (χ2n) is 7.12. The number of benzene rings is 1. The summed E-state index contributed by atoms with van der Waals surface area (Å²) in [7, 11) is -1.78. The van der Waals surface area contributed by atoms with Crippen LogP contribution < -0.4 is 0 Å². The normalized spacial score (nSPS) is 14.4. The molecule has 21 heavy (non-hydrogen) atoms. The van der Waals surface area contributed by atoms with Crippen molar-refractivity contribution in [2.24, 2.45) is 5.92 Å². The third-order valence-electron chi connectivity index (χ3n) is 4.23. The maximum Gasteiger partial charge on any atom is 0.192 e. The maximum absolute atomic E-state index is 12.1. The minimum absolute atomic E-state index is 0.0981. The number of hydrogen-bond donors (Lipinski definition) is 0. The molecule has 2 nitrogen and oxygen atoms in total. The lowest BCUT2D eigenvalue weighted by atomic mass is 10.1. The Morgan fingerprint density at radius 2 is 1.81 bits per heavy atom. The van der Waals surface area contributed by atoms with E-state index >= 15 is 0 Å². The molecule has 0 amide bonds. The molecular formula is C18H28O2Si. The van der Waals surface area contributed by atoms with E-state index in [0.717, 1.165) is 5.56 Å². The van der Waals surface area contributed by atoms with Crippen LogP contribution in [0.4, 0.5) is 0 Å². The first-order valence-electron chi connectivity index (χ1n) is 7.54. The summed E-state index contributed by atoms with van der Waals surface area (Å²) < 4.78 is 6.11. The van der Waals surface area contributed by atoms with E-state index in [1.165, 1.54) is 0 Å². The predicted molar refractivity (Wildman–Crippen MR) is 92.8 cm³/mol. The van der Waals surface area contributed by atoms with Crippen LogP contribution in [0.25, 0.3) is 6.08 Å². The van der Waals surface area contributed by atoms with Gasteiger partial charge in [0.2, 0.25) is 0 Å². The van der Waals surface area contributed by atoms with Crippen LogP contribution in [0.3, 0.4) is 0 Å². The fourth-order valence-corrected chi connectivity index (χ4v) is 2.64. The molecule has 1 atom stereocenters. The van der Waals surface area contributed by atoms with Crippen molar-refractivity contribution in [2.45, 2.75) is 45.8 Å². The maximum atomic E-state index is 12.1. The molecule has 0 aliphatic carbocycles. The third-order valence-corrected chi connectivity index (χ3v) is 8.73. The molecule has 3 heteroatoms. The van der Waals surface area contributed by atoms with Crippen LogP contribution in [0.5, 0.6) is 0 Å². The van der Waals surface area contributed by atoms with Gasteiger partial charge in [-0.05, 0) is 29.8 Å². The molecule has 0 aromatic heterocycles. The summed E-state index contributed by atoms with van der Waals surface area (Å²) in [5.41, 5.74) is 1.04. The van der Waals surface area contributed by atoms with Gasteiger partial charge in [-0.3, -0.25) is 4.79 Å². The van der Waals surface area contributed by atoms with Gasteiger partial charge in [-0.15, -0.1) is 0 Å². The number of allylic oxidation sites excluding steroid dienone is 1. The van der Waals surface area contributed by atoms with Crippen LogP contribution in [-0.4, -0.2) is 20.7 Å². The molecule has 0 spiro atoms. The van der Waals surface area contributed by atoms with Crippen LogP contribution in [0.1, 0.15) is 33.3 Å². The Morgan fingerprint density at radius 1 is 1.24 bits per heavy atom. The standard InChI is InChI=1S/C18H28O2Si/c1-15(14-20-21(5,6)18(2,3)4)17(19)13-12-16-10-8-7-9-11-16/h7-13,15H,14H2,1-6H3/b13-12+/t15-/m0/s1. The Morgan fingerprint density at radius 3 is 2.33 bits per heavy atom. The highest BCUT2D eigenvalue weighted by molar-refractivity contribution is 6.74. The minimum atomic E-state index is -1.78. The van der Waals surface area contributed by atoms with E-state index in [4.69, 9.17) is 4.43 Å². The predicted octanol–water partition coefficient (Wildman–Crippen LogP) is 4.93. The van der Waals surface area contributed by atoms with Crippen LogP contribution in [0.2, 0.25) is 18.1 Å². The van der Waals surface area contributed by atoms with Gasteiger partial charge in [0.1, 0.15) is 0 Å². The summed E-state index contributed by atoms with van der Waals surface area (Å²) in [4.78, 5) is 12.1. The van der Waals surface area contributed by atoms with Crippen LogP contribution in [0, 0.1) is 5.92 Å². The molecule has 1 rings (SSSR count). The Hall–Kier alpha value is -1.19. The SMILES string of the molecule is C[C@@H](CO[Si](C)(C)C(C)(C)C)C(=O)/C=C/c1ccccc1. The fourth-order valence-electron chi connectivity index (χ4n) is 1.54. The number of carbonyl (C=O) groups is 1. The lowest BCUT2D eigenvalue weighted by Crippen LogP contribution is -2.42. The van der Waals surface area contributed by atoms with Gasteiger partial charge < -0.3 is 4.43 Å². The van der Waals surface area contributed by atoms with Crippen LogP contribution in [-0.2, 0) is 9.22 Å². The Balaban J connectivity index is 2.54. The Bertz CT molecular complexity index is 484. The molecule has 0 aliphatic rings. The molecule has 0 heterocycles. The molecule has 1 aromatic rings. The van der Waals surface area contributed by atoms with Gasteiger partial charge in [-0.2, -0.15) is 0 Å². The number of hydrogen-bond acceptors (Lipinski definition) is 2. The van der Waals surface area contributed by atoms with E-state index in [9.17, 15) is 4.79 Å². The monoisotopic (exact) mass is 304 g/mol. The highest BCUT2D eigenvalue weighted by atomic mass is 28.4. The quantitative estimate of drug-likeness (QED) is 0.550. The van der Waals surface area contributed by atoms with Crippen LogP contribution >= 0.6 is 0 Å². The van der Waals surface area contributed by atoms with Gasteiger partial charge in [0.05, 0.1) is 0 Å². The van der Waals surface area contributed by atoms with Crippen molar-refractivity contribution in [2.75, 3.05) is 6.61 Å². The lowest BCUT2D eigenvalue weighted by molar-refractivity contribution is -0.118. The second kappa shape index (κ2) is 7.19. The first-order chi connectivity index (χ1) is 9.63. The van der Waals surface area contributed by atoms with Crippen LogP contribution in [0.15, 0.2) is 36.4 Å². The number of carbonyl (C=O) groups excluding carboxylic acids is 1. The number of rotatable bonds is 6. The van der Waals surface area contributed by atoms with E-state index in [2.05, 4.69) is 33.9 Å². The summed E-state index contributed by atoms with van der Waals surface area (Å²) >= 11 is 0. The molecule has 0 fully saturated rings. The highest BCUT2D eigenvalue weighted by Crippen LogP contribution is 2.36. The van der Waals surface area contributed by atoms with Crippen molar-refractivity contribution in [3.63, 3.8) is 0 Å². The summed E-state index contributed by atoms with van der Waals surface area (Å²) in [6.07, 6.45) is 3.53. The van der Waals surface area contributed by atoms with Gasteiger partial charge in [0.15, 0.2) is 14.1 Å². The molecule has 0 N–H and O–H groups in total. The average Bonchev–Trinajstić information content (AvgIpc) is 2.42. The smallest absolute Gasteiger partial charge is 0.192 e. The number of ketones is 1. The zero-order valence-electron chi connectivity index (χ0n) is 14.1. The summed E-state index contributed by atoms with van der Waals surface area (Å²) in [6, 6.07) is 9.87. The molecule has 0 radical (unpaired) electrons. The van der Waals surface area contributed by atoms with Crippen molar-refractivity contribution in [3.8, 4) is 0 Å². The van der Waals surface area contributed by atoms with Crippen molar-refractivity contribution in [1.82, 2.24) is 0 Å². The van der Waals surface area contributed by atoms with Crippen molar-refractivity contribution >= 4 is 20.2 Å². The summed E-state index contributed by atoms with van der Waals surface area (Å²) in [5, 5.41) is 0.176. The fraction of sp³-hybridized carbons (Fsp3) is 0.500.